The molecule has 0 aliphatic carbocycles. The van der Waals surface area contributed by atoms with Crippen LogP contribution >= 0.6 is 0 Å². The molecule has 2 heteroatoms. The highest BCUT2D eigenvalue weighted by Crippen LogP contribution is 2.23. The van der Waals surface area contributed by atoms with E-state index in [1.54, 1.807) is 0 Å². The summed E-state index contributed by atoms with van der Waals surface area (Å²) in [5, 5.41) is 3.48. The number of hydrogen-bond acceptors (Lipinski definition) is 2. The summed E-state index contributed by atoms with van der Waals surface area (Å²) in [5.41, 5.74) is 2.87. The lowest BCUT2D eigenvalue weighted by molar-refractivity contribution is 0.132. The van der Waals surface area contributed by atoms with Crippen molar-refractivity contribution in [3.8, 4) is 0 Å². The lowest BCUT2D eigenvalue weighted by Crippen LogP contribution is -2.37. The van der Waals surface area contributed by atoms with Crippen molar-refractivity contribution in [3.05, 3.63) is 35.4 Å². The monoisotopic (exact) mass is 274 g/mol. The van der Waals surface area contributed by atoms with Crippen molar-refractivity contribution in [2.24, 2.45) is 11.8 Å². The second-order valence-corrected chi connectivity index (χ2v) is 6.48. The number of nitrogens with one attached hydrogen (secondary N) is 1. The average molecular weight is 274 g/mol. The summed E-state index contributed by atoms with van der Waals surface area (Å²) in [5.74, 6) is 1.72. The van der Waals surface area contributed by atoms with Gasteiger partial charge in [0.15, 0.2) is 0 Å². The molecule has 2 atom stereocenters. The minimum atomic E-state index is 0.832. The highest BCUT2D eigenvalue weighted by molar-refractivity contribution is 5.23. The quantitative estimate of drug-likeness (QED) is 0.796. The molecule has 2 unspecified atom stereocenters. The van der Waals surface area contributed by atoms with Gasteiger partial charge < -0.3 is 5.32 Å². The van der Waals surface area contributed by atoms with Crippen LogP contribution < -0.4 is 5.32 Å². The second kappa shape index (κ2) is 7.80. The van der Waals surface area contributed by atoms with E-state index >= 15 is 0 Å². The van der Waals surface area contributed by atoms with Crippen molar-refractivity contribution >= 4 is 0 Å². The third-order valence-electron chi connectivity index (χ3n) is 4.57. The van der Waals surface area contributed by atoms with E-state index in [1.165, 1.54) is 37.1 Å². The first-order chi connectivity index (χ1) is 9.69. The zero-order chi connectivity index (χ0) is 14.4. The minimum Gasteiger partial charge on any atom is -0.313 e. The molecule has 1 aromatic rings. The van der Waals surface area contributed by atoms with Crippen LogP contribution in [0.1, 0.15) is 44.7 Å². The van der Waals surface area contributed by atoms with Gasteiger partial charge in [0.2, 0.25) is 0 Å². The van der Waals surface area contributed by atoms with Gasteiger partial charge in [-0.2, -0.15) is 0 Å². The minimum absolute atomic E-state index is 0.832. The van der Waals surface area contributed by atoms with Crippen LogP contribution in [0.5, 0.6) is 0 Å². The van der Waals surface area contributed by atoms with E-state index in [4.69, 9.17) is 0 Å². The molecule has 0 radical (unpaired) electrons. The number of hydrogen-bond donors (Lipinski definition) is 1. The molecule has 0 aromatic heterocycles. The van der Waals surface area contributed by atoms with Gasteiger partial charge in [-0.25, -0.2) is 0 Å². The van der Waals surface area contributed by atoms with Crippen LogP contribution in [0.2, 0.25) is 0 Å². The molecule has 1 aromatic carbocycles. The average Bonchev–Trinajstić information content (AvgIpc) is 2.44. The Morgan fingerprint density at radius 3 is 2.75 bits per heavy atom. The van der Waals surface area contributed by atoms with Crippen molar-refractivity contribution in [1.82, 2.24) is 10.2 Å². The fourth-order valence-electron chi connectivity index (χ4n) is 3.00. The van der Waals surface area contributed by atoms with Gasteiger partial charge in [0.25, 0.3) is 0 Å². The summed E-state index contributed by atoms with van der Waals surface area (Å²) in [6.45, 7) is 12.7. The van der Waals surface area contributed by atoms with E-state index < -0.39 is 0 Å². The Morgan fingerprint density at radius 2 is 2.00 bits per heavy atom. The Bertz CT molecular complexity index is 402. The zero-order valence-corrected chi connectivity index (χ0v) is 13.4. The molecule has 1 aliphatic rings. The van der Waals surface area contributed by atoms with Crippen LogP contribution in [0.15, 0.2) is 24.3 Å². The summed E-state index contributed by atoms with van der Waals surface area (Å²) in [6, 6.07) is 9.07. The molecule has 0 spiro atoms. The van der Waals surface area contributed by atoms with E-state index in [-0.39, 0.29) is 0 Å². The fraction of sp³-hybridized carbons (Fsp3) is 0.667. The summed E-state index contributed by atoms with van der Waals surface area (Å²) >= 11 is 0. The van der Waals surface area contributed by atoms with Crippen molar-refractivity contribution in [2.75, 3.05) is 19.6 Å². The SMILES string of the molecule is CCCNCc1cccc(CN2CCC(C)C(C)C2)c1. The highest BCUT2D eigenvalue weighted by atomic mass is 15.1. The van der Waals surface area contributed by atoms with Crippen LogP contribution in [0.4, 0.5) is 0 Å². The maximum absolute atomic E-state index is 3.48. The van der Waals surface area contributed by atoms with Crippen molar-refractivity contribution in [3.63, 3.8) is 0 Å². The standard InChI is InChI=1S/C18H30N2/c1-4-9-19-12-17-6-5-7-18(11-17)14-20-10-8-15(2)16(3)13-20/h5-7,11,15-16,19H,4,8-10,12-14H2,1-3H3. The molecule has 2 nitrogen and oxygen atoms in total. The highest BCUT2D eigenvalue weighted by Gasteiger charge is 2.22. The van der Waals surface area contributed by atoms with E-state index in [0.717, 1.165) is 31.5 Å². The lowest BCUT2D eigenvalue weighted by atomic mass is 9.88. The molecule has 1 saturated heterocycles. The van der Waals surface area contributed by atoms with Gasteiger partial charge >= 0.3 is 0 Å². The molecule has 1 fully saturated rings. The molecule has 2 rings (SSSR count). The molecule has 0 bridgehead atoms. The van der Waals surface area contributed by atoms with Gasteiger partial charge in [0.05, 0.1) is 0 Å². The zero-order valence-electron chi connectivity index (χ0n) is 13.4. The first-order valence-corrected chi connectivity index (χ1v) is 8.20. The topological polar surface area (TPSA) is 15.3 Å². The number of benzene rings is 1. The van der Waals surface area contributed by atoms with Gasteiger partial charge in [0.1, 0.15) is 0 Å². The molecule has 1 heterocycles. The summed E-state index contributed by atoms with van der Waals surface area (Å²) < 4.78 is 0. The number of rotatable bonds is 6. The largest absolute Gasteiger partial charge is 0.313 e. The van der Waals surface area contributed by atoms with Gasteiger partial charge in [0, 0.05) is 19.6 Å². The fourth-order valence-corrected chi connectivity index (χ4v) is 3.00. The van der Waals surface area contributed by atoms with Crippen molar-refractivity contribution in [2.45, 2.75) is 46.7 Å². The Hall–Kier alpha value is -0.860. The van der Waals surface area contributed by atoms with Crippen LogP contribution in [0.25, 0.3) is 0 Å². The van der Waals surface area contributed by atoms with Gasteiger partial charge in [-0.15, -0.1) is 0 Å². The smallest absolute Gasteiger partial charge is 0.0233 e. The molecule has 20 heavy (non-hydrogen) atoms. The molecule has 0 amide bonds. The first-order valence-electron chi connectivity index (χ1n) is 8.20. The Morgan fingerprint density at radius 1 is 1.20 bits per heavy atom. The predicted octanol–water partition coefficient (Wildman–Crippen LogP) is 3.66. The summed E-state index contributed by atoms with van der Waals surface area (Å²) in [6.07, 6.45) is 2.54. The van der Waals surface area contributed by atoms with E-state index in [2.05, 4.69) is 55.3 Å². The molecular formula is C18H30N2. The van der Waals surface area contributed by atoms with Crippen LogP contribution in [-0.2, 0) is 13.1 Å². The van der Waals surface area contributed by atoms with E-state index in [9.17, 15) is 0 Å². The molecular weight excluding hydrogens is 244 g/mol. The van der Waals surface area contributed by atoms with Gasteiger partial charge in [-0.3, -0.25) is 4.90 Å². The summed E-state index contributed by atoms with van der Waals surface area (Å²) in [4.78, 5) is 2.61. The third-order valence-corrected chi connectivity index (χ3v) is 4.57. The normalized spacial score (nSPS) is 23.9. The maximum Gasteiger partial charge on any atom is 0.0233 e. The van der Waals surface area contributed by atoms with Crippen LogP contribution in [-0.4, -0.2) is 24.5 Å². The molecule has 1 aliphatic heterocycles. The van der Waals surface area contributed by atoms with Gasteiger partial charge in [-0.1, -0.05) is 45.0 Å². The van der Waals surface area contributed by atoms with Crippen molar-refractivity contribution in [1.29, 1.82) is 0 Å². The predicted molar refractivity (Wildman–Crippen MR) is 86.7 cm³/mol. The van der Waals surface area contributed by atoms with Crippen molar-refractivity contribution < 1.29 is 0 Å². The van der Waals surface area contributed by atoms with Gasteiger partial charge in [-0.05, 0) is 48.9 Å². The first kappa shape index (κ1) is 15.5. The molecule has 112 valence electrons. The Labute approximate surface area is 124 Å². The van der Waals surface area contributed by atoms with E-state index in [1.807, 2.05) is 0 Å². The molecule has 0 saturated carbocycles. The number of nitrogens with zero attached hydrogens (tertiary/aromatic N) is 1. The third kappa shape index (κ3) is 4.60. The van der Waals surface area contributed by atoms with E-state index in [0.29, 0.717) is 0 Å². The second-order valence-electron chi connectivity index (χ2n) is 6.48. The number of likely N-dealkylation sites (tertiary alicyclic amines) is 1. The number of piperidine rings is 1. The summed E-state index contributed by atoms with van der Waals surface area (Å²) in [7, 11) is 0. The lowest BCUT2D eigenvalue weighted by Gasteiger charge is -2.35. The maximum atomic E-state index is 3.48. The van der Waals surface area contributed by atoms with Crippen LogP contribution in [0.3, 0.4) is 0 Å². The molecule has 1 N–H and O–H groups in total. The Balaban J connectivity index is 1.87. The van der Waals surface area contributed by atoms with Crippen LogP contribution in [0, 0.1) is 11.8 Å². The Kier molecular flexibility index (Phi) is 6.06.